The normalized spacial score (nSPS) is 8.67. The molecule has 0 aromatic carbocycles. The van der Waals surface area contributed by atoms with Crippen LogP contribution in [0.4, 0.5) is 0 Å². The van der Waals surface area contributed by atoms with Gasteiger partial charge in [0.25, 0.3) is 0 Å². The van der Waals surface area contributed by atoms with Crippen LogP contribution in [0.3, 0.4) is 0 Å². The van der Waals surface area contributed by atoms with Gasteiger partial charge < -0.3 is 0 Å². The molecule has 21 heavy (non-hydrogen) atoms. The topological polar surface area (TPSA) is 95.2 Å². The van der Waals surface area contributed by atoms with E-state index >= 15 is 0 Å². The highest BCUT2D eigenvalue weighted by Gasteiger charge is 2.14. The summed E-state index contributed by atoms with van der Waals surface area (Å²) in [5.41, 5.74) is 2.22. The van der Waals surface area contributed by atoms with Crippen molar-refractivity contribution in [2.24, 2.45) is 0 Å². The quantitative estimate of drug-likeness (QED) is 0.790. The van der Waals surface area contributed by atoms with Crippen LogP contribution < -0.4 is 0 Å². The molecule has 4 nitrogen and oxygen atoms in total. The minimum atomic E-state index is 0.0462. The molecule has 1 rings (SSSR count). The summed E-state index contributed by atoms with van der Waals surface area (Å²) in [5, 5.41) is 35.5. The third kappa shape index (κ3) is 3.58. The first-order valence-electron chi connectivity index (χ1n) is 6.33. The van der Waals surface area contributed by atoms with Gasteiger partial charge in [-0.25, -0.2) is 0 Å². The van der Waals surface area contributed by atoms with E-state index in [4.69, 9.17) is 21.0 Å². The highest BCUT2D eigenvalue weighted by atomic mass is 32.1. The molecule has 0 saturated carbocycles. The first-order chi connectivity index (χ1) is 10.1. The number of hydrogen-bond donors (Lipinski definition) is 0. The average molecular weight is 292 g/mol. The standard InChI is InChI=1S/C16H12N4S/c1-3-13-14(4-2)16(6-12(9-19)10-20)21-15(13)5-11(7-17)8-18/h5-6H,3-4H2,1-2H3. The highest BCUT2D eigenvalue weighted by Crippen LogP contribution is 2.33. The van der Waals surface area contributed by atoms with Crippen molar-refractivity contribution in [3.8, 4) is 24.3 Å². The summed E-state index contributed by atoms with van der Waals surface area (Å²) in [5.74, 6) is 0. The number of allylic oxidation sites excluding steroid dienone is 2. The minimum Gasteiger partial charge on any atom is -0.192 e. The molecule has 0 unspecified atom stereocenters. The summed E-state index contributed by atoms with van der Waals surface area (Å²) >= 11 is 1.40. The summed E-state index contributed by atoms with van der Waals surface area (Å²) in [4.78, 5) is 1.68. The van der Waals surface area contributed by atoms with E-state index in [2.05, 4.69) is 0 Å². The van der Waals surface area contributed by atoms with Crippen LogP contribution in [-0.2, 0) is 12.8 Å². The van der Waals surface area contributed by atoms with Gasteiger partial charge in [-0.2, -0.15) is 21.0 Å². The van der Waals surface area contributed by atoms with Crippen molar-refractivity contribution in [1.82, 2.24) is 0 Å². The number of nitriles is 4. The molecule has 0 saturated heterocycles. The van der Waals surface area contributed by atoms with Gasteiger partial charge in [-0.3, -0.25) is 0 Å². The van der Waals surface area contributed by atoms with Crippen LogP contribution in [0.1, 0.15) is 34.7 Å². The van der Waals surface area contributed by atoms with Crippen LogP contribution in [-0.4, -0.2) is 0 Å². The van der Waals surface area contributed by atoms with Crippen molar-refractivity contribution < 1.29 is 0 Å². The molecule has 0 aliphatic rings. The van der Waals surface area contributed by atoms with E-state index in [1.54, 1.807) is 12.2 Å². The highest BCUT2D eigenvalue weighted by molar-refractivity contribution is 7.14. The maximum atomic E-state index is 8.87. The van der Waals surface area contributed by atoms with Crippen molar-refractivity contribution in [3.63, 3.8) is 0 Å². The van der Waals surface area contributed by atoms with Gasteiger partial charge in [0.05, 0.1) is 0 Å². The van der Waals surface area contributed by atoms with Gasteiger partial charge in [-0.1, -0.05) is 13.8 Å². The second-order valence-electron chi connectivity index (χ2n) is 4.06. The van der Waals surface area contributed by atoms with E-state index in [9.17, 15) is 0 Å². The molecule has 1 aromatic rings. The zero-order valence-electron chi connectivity index (χ0n) is 11.8. The van der Waals surface area contributed by atoms with Crippen molar-refractivity contribution in [3.05, 3.63) is 32.0 Å². The molecule has 0 N–H and O–H groups in total. The van der Waals surface area contributed by atoms with Crippen molar-refractivity contribution >= 4 is 23.5 Å². The first kappa shape index (κ1) is 16.2. The average Bonchev–Trinajstić information content (AvgIpc) is 2.85. The maximum Gasteiger partial charge on any atom is 0.131 e. The predicted molar refractivity (Wildman–Crippen MR) is 81.5 cm³/mol. The van der Waals surface area contributed by atoms with Gasteiger partial charge in [-0.05, 0) is 36.1 Å². The molecular weight excluding hydrogens is 280 g/mol. The summed E-state index contributed by atoms with van der Waals surface area (Å²) in [6.45, 7) is 4.00. The predicted octanol–water partition coefficient (Wildman–Crippen LogP) is 3.73. The van der Waals surface area contributed by atoms with Crippen LogP contribution in [0.15, 0.2) is 11.1 Å². The van der Waals surface area contributed by atoms with Crippen LogP contribution in [0.2, 0.25) is 0 Å². The Morgan fingerprint density at radius 2 is 1.14 bits per heavy atom. The summed E-state index contributed by atoms with van der Waals surface area (Å²) in [7, 11) is 0. The monoisotopic (exact) mass is 292 g/mol. The van der Waals surface area contributed by atoms with Crippen LogP contribution >= 0.6 is 11.3 Å². The molecule has 1 heterocycles. The SMILES string of the molecule is CCc1c(C=C(C#N)C#N)sc(C=C(C#N)C#N)c1CC. The molecule has 0 aliphatic heterocycles. The summed E-state index contributed by atoms with van der Waals surface area (Å²) < 4.78 is 0. The minimum absolute atomic E-state index is 0.0462. The Balaban J connectivity index is 3.56. The van der Waals surface area contributed by atoms with Crippen LogP contribution in [0, 0.1) is 45.3 Å². The van der Waals surface area contributed by atoms with Gasteiger partial charge in [0.2, 0.25) is 0 Å². The lowest BCUT2D eigenvalue weighted by Gasteiger charge is -2.01. The third-order valence-electron chi connectivity index (χ3n) is 2.92. The molecule has 5 heteroatoms. The fourth-order valence-corrected chi connectivity index (χ4v) is 3.36. The molecule has 0 bridgehead atoms. The van der Waals surface area contributed by atoms with Gasteiger partial charge in [0.1, 0.15) is 35.4 Å². The fraction of sp³-hybridized carbons (Fsp3) is 0.250. The number of hydrogen-bond acceptors (Lipinski definition) is 5. The zero-order chi connectivity index (χ0) is 15.8. The molecule has 0 fully saturated rings. The Morgan fingerprint density at radius 3 is 1.38 bits per heavy atom. The van der Waals surface area contributed by atoms with Gasteiger partial charge in [0.15, 0.2) is 0 Å². The van der Waals surface area contributed by atoms with Crippen molar-refractivity contribution in [2.45, 2.75) is 26.7 Å². The van der Waals surface area contributed by atoms with Gasteiger partial charge in [-0.15, -0.1) is 11.3 Å². The van der Waals surface area contributed by atoms with Crippen molar-refractivity contribution in [1.29, 1.82) is 21.0 Å². The van der Waals surface area contributed by atoms with E-state index in [0.717, 1.165) is 33.7 Å². The molecule has 0 aliphatic carbocycles. The van der Waals surface area contributed by atoms with E-state index in [1.807, 2.05) is 38.1 Å². The molecule has 1 aromatic heterocycles. The lowest BCUT2D eigenvalue weighted by molar-refractivity contribution is 1.05. The second kappa shape index (κ2) is 7.66. The molecule has 0 radical (unpaired) electrons. The zero-order valence-corrected chi connectivity index (χ0v) is 12.6. The Morgan fingerprint density at radius 1 is 0.810 bits per heavy atom. The molecule has 0 spiro atoms. The van der Waals surface area contributed by atoms with E-state index < -0.39 is 0 Å². The van der Waals surface area contributed by atoms with Crippen molar-refractivity contribution in [2.75, 3.05) is 0 Å². The fourth-order valence-electron chi connectivity index (χ4n) is 1.99. The molecule has 0 amide bonds. The van der Waals surface area contributed by atoms with E-state index in [1.165, 1.54) is 11.3 Å². The van der Waals surface area contributed by atoms with E-state index in [-0.39, 0.29) is 11.1 Å². The number of thiophene rings is 1. The number of nitrogens with zero attached hydrogens (tertiary/aromatic N) is 4. The number of rotatable bonds is 4. The van der Waals surface area contributed by atoms with Crippen LogP contribution in [0.5, 0.6) is 0 Å². The van der Waals surface area contributed by atoms with Gasteiger partial charge >= 0.3 is 0 Å². The Labute approximate surface area is 128 Å². The lowest BCUT2D eigenvalue weighted by atomic mass is 10.0. The second-order valence-corrected chi connectivity index (χ2v) is 5.14. The Kier molecular flexibility index (Phi) is 5.91. The maximum absolute atomic E-state index is 8.87. The summed E-state index contributed by atoms with van der Waals surface area (Å²) in [6, 6.07) is 7.39. The van der Waals surface area contributed by atoms with Gasteiger partial charge in [0, 0.05) is 9.75 Å². The first-order valence-corrected chi connectivity index (χ1v) is 7.15. The molecule has 0 atom stereocenters. The summed E-state index contributed by atoms with van der Waals surface area (Å²) in [6.07, 6.45) is 4.66. The molecular formula is C16H12N4S. The molecule has 102 valence electrons. The van der Waals surface area contributed by atoms with E-state index in [0.29, 0.717) is 0 Å². The Hall–Kier alpha value is -2.86. The Bertz CT molecular complexity index is 671. The smallest absolute Gasteiger partial charge is 0.131 e. The largest absolute Gasteiger partial charge is 0.192 e. The lowest BCUT2D eigenvalue weighted by Crippen LogP contribution is -1.89. The van der Waals surface area contributed by atoms with Crippen LogP contribution in [0.25, 0.3) is 12.2 Å². The third-order valence-corrected chi connectivity index (χ3v) is 4.09.